The number of hydrogen-bond donors (Lipinski definition) is 1. The summed E-state index contributed by atoms with van der Waals surface area (Å²) in [6.45, 7) is 4.01. The maximum absolute atomic E-state index is 5.59. The van der Waals surface area contributed by atoms with Crippen LogP contribution in [0.4, 0.5) is 0 Å². The predicted molar refractivity (Wildman–Crippen MR) is 45.6 cm³/mol. The lowest BCUT2D eigenvalue weighted by atomic mass is 10.2. The Morgan fingerprint density at radius 3 is 2.92 bits per heavy atom. The molecule has 1 atom stereocenters. The van der Waals surface area contributed by atoms with Gasteiger partial charge in [0.1, 0.15) is 0 Å². The molecule has 2 N–H and O–H groups in total. The van der Waals surface area contributed by atoms with Crippen LogP contribution in [-0.2, 0) is 12.8 Å². The predicted octanol–water partition coefficient (Wildman–Crippen LogP) is 0.912. The minimum absolute atomic E-state index is 0.0945. The third-order valence-corrected chi connectivity index (χ3v) is 1.48. The summed E-state index contributed by atoms with van der Waals surface area (Å²) in [5, 5.41) is 3.81. The quantitative estimate of drug-likeness (QED) is 0.727. The summed E-state index contributed by atoms with van der Waals surface area (Å²) < 4.78 is 4.99. The third kappa shape index (κ3) is 2.62. The smallest absolute Gasteiger partial charge is 0.226 e. The summed E-state index contributed by atoms with van der Waals surface area (Å²) >= 11 is 0. The Morgan fingerprint density at radius 1 is 1.58 bits per heavy atom. The van der Waals surface area contributed by atoms with Crippen molar-refractivity contribution in [2.24, 2.45) is 5.73 Å². The van der Waals surface area contributed by atoms with E-state index in [1.165, 1.54) is 0 Å². The molecule has 0 saturated heterocycles. The van der Waals surface area contributed by atoms with Crippen LogP contribution in [0.2, 0.25) is 0 Å². The van der Waals surface area contributed by atoms with Crippen LogP contribution >= 0.6 is 0 Å². The van der Waals surface area contributed by atoms with Crippen LogP contribution < -0.4 is 5.73 Å². The first-order valence-corrected chi connectivity index (χ1v) is 4.29. The molecular weight excluding hydrogens is 154 g/mol. The van der Waals surface area contributed by atoms with Gasteiger partial charge in [-0.3, -0.25) is 0 Å². The highest BCUT2D eigenvalue weighted by atomic mass is 16.5. The molecule has 0 spiro atoms. The van der Waals surface area contributed by atoms with Crippen LogP contribution in [-0.4, -0.2) is 16.2 Å². The summed E-state index contributed by atoms with van der Waals surface area (Å²) in [5.74, 6) is 1.43. The van der Waals surface area contributed by atoms with Gasteiger partial charge in [-0.25, -0.2) is 0 Å². The minimum atomic E-state index is 0.0945. The molecule has 1 rings (SSSR count). The van der Waals surface area contributed by atoms with E-state index in [1.54, 1.807) is 0 Å². The molecule has 0 bridgehead atoms. The van der Waals surface area contributed by atoms with Crippen LogP contribution in [0.15, 0.2) is 4.52 Å². The second-order valence-corrected chi connectivity index (χ2v) is 3.04. The van der Waals surface area contributed by atoms with Gasteiger partial charge >= 0.3 is 0 Å². The maximum atomic E-state index is 5.59. The summed E-state index contributed by atoms with van der Waals surface area (Å²) in [6, 6.07) is 0.0945. The standard InChI is InChI=1S/C8H15N3O/c1-3-4-8-10-7(11-12-8)5-6(2)9/h6H,3-5,9H2,1-2H3. The largest absolute Gasteiger partial charge is 0.339 e. The molecule has 4 nitrogen and oxygen atoms in total. The highest BCUT2D eigenvalue weighted by Crippen LogP contribution is 2.01. The van der Waals surface area contributed by atoms with Crippen LogP contribution in [0.1, 0.15) is 32.0 Å². The van der Waals surface area contributed by atoms with E-state index in [2.05, 4.69) is 17.1 Å². The van der Waals surface area contributed by atoms with Crippen molar-refractivity contribution >= 4 is 0 Å². The monoisotopic (exact) mass is 169 g/mol. The summed E-state index contributed by atoms with van der Waals surface area (Å²) in [6.07, 6.45) is 2.57. The van der Waals surface area contributed by atoms with Gasteiger partial charge < -0.3 is 10.3 Å². The zero-order chi connectivity index (χ0) is 8.97. The van der Waals surface area contributed by atoms with E-state index in [4.69, 9.17) is 10.3 Å². The molecule has 0 aliphatic heterocycles. The van der Waals surface area contributed by atoms with E-state index in [1.807, 2.05) is 6.92 Å². The van der Waals surface area contributed by atoms with Crippen molar-refractivity contribution in [2.75, 3.05) is 0 Å². The van der Waals surface area contributed by atoms with Crippen molar-refractivity contribution in [3.05, 3.63) is 11.7 Å². The Kier molecular flexibility index (Phi) is 3.22. The molecule has 4 heteroatoms. The lowest BCUT2D eigenvalue weighted by Crippen LogP contribution is -2.18. The number of rotatable bonds is 4. The van der Waals surface area contributed by atoms with Gasteiger partial charge in [0.25, 0.3) is 0 Å². The first-order chi connectivity index (χ1) is 5.72. The Labute approximate surface area is 72.1 Å². The molecule has 1 heterocycles. The highest BCUT2D eigenvalue weighted by Gasteiger charge is 2.06. The van der Waals surface area contributed by atoms with Crippen molar-refractivity contribution in [1.82, 2.24) is 10.1 Å². The van der Waals surface area contributed by atoms with E-state index in [9.17, 15) is 0 Å². The zero-order valence-electron chi connectivity index (χ0n) is 7.58. The minimum Gasteiger partial charge on any atom is -0.339 e. The van der Waals surface area contributed by atoms with Gasteiger partial charge in [-0.2, -0.15) is 4.98 Å². The first kappa shape index (κ1) is 9.19. The normalized spacial score (nSPS) is 13.2. The maximum Gasteiger partial charge on any atom is 0.226 e. The SMILES string of the molecule is CCCc1nc(CC(C)N)no1. The molecule has 0 aliphatic carbocycles. The van der Waals surface area contributed by atoms with Gasteiger partial charge in [-0.15, -0.1) is 0 Å². The van der Waals surface area contributed by atoms with Gasteiger partial charge in [0.15, 0.2) is 5.82 Å². The van der Waals surface area contributed by atoms with Crippen LogP contribution in [0.3, 0.4) is 0 Å². The topological polar surface area (TPSA) is 64.9 Å². The Balaban J connectivity index is 2.52. The van der Waals surface area contributed by atoms with Crippen molar-refractivity contribution in [3.63, 3.8) is 0 Å². The molecule has 0 radical (unpaired) electrons. The van der Waals surface area contributed by atoms with Gasteiger partial charge in [0.05, 0.1) is 0 Å². The second kappa shape index (κ2) is 4.21. The number of aromatic nitrogens is 2. The third-order valence-electron chi connectivity index (χ3n) is 1.48. The first-order valence-electron chi connectivity index (χ1n) is 4.29. The van der Waals surface area contributed by atoms with Gasteiger partial charge in [-0.05, 0) is 13.3 Å². The zero-order valence-corrected chi connectivity index (χ0v) is 7.58. The Hall–Kier alpha value is -0.900. The van der Waals surface area contributed by atoms with Crippen LogP contribution in [0, 0.1) is 0 Å². The van der Waals surface area contributed by atoms with E-state index in [0.29, 0.717) is 18.1 Å². The molecule has 0 saturated carbocycles. The van der Waals surface area contributed by atoms with E-state index < -0.39 is 0 Å². The average Bonchev–Trinajstić information content (AvgIpc) is 2.36. The lowest BCUT2D eigenvalue weighted by molar-refractivity contribution is 0.371. The molecule has 0 aliphatic rings. The van der Waals surface area contributed by atoms with Gasteiger partial charge in [-0.1, -0.05) is 12.1 Å². The summed E-state index contributed by atoms with van der Waals surface area (Å²) in [7, 11) is 0. The number of nitrogens with two attached hydrogens (primary N) is 1. The van der Waals surface area contributed by atoms with Crippen molar-refractivity contribution in [2.45, 2.75) is 39.2 Å². The molecule has 12 heavy (non-hydrogen) atoms. The van der Waals surface area contributed by atoms with Crippen molar-refractivity contribution in [3.8, 4) is 0 Å². The molecule has 0 amide bonds. The fourth-order valence-corrected chi connectivity index (χ4v) is 0.976. The summed E-state index contributed by atoms with van der Waals surface area (Å²) in [5.41, 5.74) is 5.59. The van der Waals surface area contributed by atoms with Crippen LogP contribution in [0.5, 0.6) is 0 Å². The molecule has 1 unspecified atom stereocenters. The molecule has 1 aromatic heterocycles. The molecular formula is C8H15N3O. The Bertz CT molecular complexity index is 232. The lowest BCUT2D eigenvalue weighted by Gasteiger charge is -1.96. The van der Waals surface area contributed by atoms with E-state index in [0.717, 1.165) is 12.8 Å². The fourth-order valence-electron chi connectivity index (χ4n) is 0.976. The van der Waals surface area contributed by atoms with E-state index in [-0.39, 0.29) is 6.04 Å². The second-order valence-electron chi connectivity index (χ2n) is 3.04. The molecule has 0 aromatic carbocycles. The Morgan fingerprint density at radius 2 is 2.33 bits per heavy atom. The van der Waals surface area contributed by atoms with Gasteiger partial charge in [0, 0.05) is 18.9 Å². The van der Waals surface area contributed by atoms with Crippen molar-refractivity contribution < 1.29 is 4.52 Å². The van der Waals surface area contributed by atoms with E-state index >= 15 is 0 Å². The average molecular weight is 169 g/mol. The highest BCUT2D eigenvalue weighted by molar-refractivity contribution is 4.88. The van der Waals surface area contributed by atoms with Gasteiger partial charge in [0.2, 0.25) is 5.89 Å². The fraction of sp³-hybridized carbons (Fsp3) is 0.750. The molecule has 1 aromatic rings. The van der Waals surface area contributed by atoms with Crippen molar-refractivity contribution in [1.29, 1.82) is 0 Å². The molecule has 0 fully saturated rings. The molecule has 68 valence electrons. The number of aryl methyl sites for hydroxylation is 1. The van der Waals surface area contributed by atoms with Crippen LogP contribution in [0.25, 0.3) is 0 Å². The summed E-state index contributed by atoms with van der Waals surface area (Å²) in [4.78, 5) is 4.18. The number of hydrogen-bond acceptors (Lipinski definition) is 4. The number of nitrogens with zero attached hydrogens (tertiary/aromatic N) is 2.